The van der Waals surface area contributed by atoms with Crippen LogP contribution in [0.3, 0.4) is 0 Å². The van der Waals surface area contributed by atoms with E-state index in [-0.39, 0.29) is 24.2 Å². The van der Waals surface area contributed by atoms with Crippen LogP contribution in [0.15, 0.2) is 24.3 Å². The van der Waals surface area contributed by atoms with Crippen LogP contribution in [0.5, 0.6) is 0 Å². The topological polar surface area (TPSA) is 61.4 Å². The van der Waals surface area contributed by atoms with Gasteiger partial charge in [0, 0.05) is 32.5 Å². The minimum Gasteiger partial charge on any atom is -0.352 e. The fraction of sp³-hybridized carbons (Fsp3) is 0.619. The molecule has 1 aromatic rings. The molecule has 0 aromatic heterocycles. The molecule has 1 unspecified atom stereocenters. The van der Waals surface area contributed by atoms with E-state index in [0.29, 0.717) is 37.8 Å². The van der Waals surface area contributed by atoms with Crippen molar-refractivity contribution in [2.24, 2.45) is 11.8 Å². The molecule has 2 aliphatic heterocycles. The number of hydrogen-bond donors (Lipinski definition) is 2. The Hall–Kier alpha value is -1.59. The molecular weight excluding hydrogens is 362 g/mol. The van der Waals surface area contributed by atoms with Crippen molar-refractivity contribution >= 4 is 24.2 Å². The highest BCUT2D eigenvalue weighted by molar-refractivity contribution is 5.85. The molecule has 2 N–H and O–H groups in total. The van der Waals surface area contributed by atoms with Gasteiger partial charge >= 0.3 is 0 Å². The Balaban J connectivity index is 0.00000261. The van der Waals surface area contributed by atoms with E-state index in [0.717, 1.165) is 37.2 Å². The first-order valence-corrected chi connectivity index (χ1v) is 9.95. The fourth-order valence-corrected chi connectivity index (χ4v) is 4.07. The van der Waals surface area contributed by atoms with Gasteiger partial charge in [-0.25, -0.2) is 0 Å². The summed E-state index contributed by atoms with van der Waals surface area (Å²) in [4.78, 5) is 26.0. The highest BCUT2D eigenvalue weighted by Crippen LogP contribution is 2.24. The number of nitrogens with zero attached hydrogens (tertiary/aromatic N) is 1. The first-order chi connectivity index (χ1) is 12.6. The first-order valence-electron chi connectivity index (χ1n) is 9.95. The van der Waals surface area contributed by atoms with Crippen molar-refractivity contribution in [2.45, 2.75) is 52.1 Å². The van der Waals surface area contributed by atoms with Crippen molar-refractivity contribution < 1.29 is 9.59 Å². The Morgan fingerprint density at radius 3 is 2.74 bits per heavy atom. The van der Waals surface area contributed by atoms with E-state index in [2.05, 4.69) is 29.7 Å². The zero-order chi connectivity index (χ0) is 18.4. The zero-order valence-corrected chi connectivity index (χ0v) is 17.0. The number of carbonyl (C=O) groups is 2. The summed E-state index contributed by atoms with van der Waals surface area (Å²) in [6, 6.07) is 8.19. The number of nitrogens with one attached hydrogen (secondary N) is 2. The van der Waals surface area contributed by atoms with Crippen molar-refractivity contribution in [3.63, 3.8) is 0 Å². The summed E-state index contributed by atoms with van der Waals surface area (Å²) in [5.74, 6) is 1.47. The Bertz CT molecular complexity index is 632. The van der Waals surface area contributed by atoms with Gasteiger partial charge in [-0.1, -0.05) is 31.2 Å². The van der Waals surface area contributed by atoms with Crippen LogP contribution in [0.1, 0.15) is 50.2 Å². The number of amides is 2. The van der Waals surface area contributed by atoms with Gasteiger partial charge in [-0.05, 0) is 55.3 Å². The number of rotatable bonds is 7. The molecule has 2 saturated heterocycles. The van der Waals surface area contributed by atoms with E-state index in [1.165, 1.54) is 12.8 Å². The van der Waals surface area contributed by atoms with E-state index in [9.17, 15) is 9.59 Å². The number of likely N-dealkylation sites (tertiary alicyclic amines) is 1. The third kappa shape index (κ3) is 6.51. The predicted octanol–water partition coefficient (Wildman–Crippen LogP) is 2.87. The zero-order valence-electron chi connectivity index (χ0n) is 16.2. The number of piperidine rings is 1. The maximum Gasteiger partial charge on any atom is 0.222 e. The molecule has 3 rings (SSSR count). The Morgan fingerprint density at radius 1 is 1.30 bits per heavy atom. The summed E-state index contributed by atoms with van der Waals surface area (Å²) in [6.45, 7) is 6.43. The van der Waals surface area contributed by atoms with Gasteiger partial charge in [0.05, 0.1) is 0 Å². The standard InChI is InChI=1S/C21H31N3O2.ClH/c1-16(19-7-9-22-10-8-19)12-20(25)23-14-17-4-2-5-18(13-17)15-24-11-3-6-21(24)26;/h2,4-5,13,16,19,22H,3,6-12,14-15H2,1H3,(H,23,25);1H. The largest absolute Gasteiger partial charge is 0.352 e. The lowest BCUT2D eigenvalue weighted by Crippen LogP contribution is -2.33. The van der Waals surface area contributed by atoms with Crippen molar-refractivity contribution in [2.75, 3.05) is 19.6 Å². The number of benzene rings is 1. The van der Waals surface area contributed by atoms with Gasteiger partial charge in [0.15, 0.2) is 0 Å². The van der Waals surface area contributed by atoms with Gasteiger partial charge in [0.2, 0.25) is 11.8 Å². The molecule has 1 aromatic carbocycles. The van der Waals surface area contributed by atoms with Gasteiger partial charge < -0.3 is 15.5 Å². The van der Waals surface area contributed by atoms with Crippen LogP contribution < -0.4 is 10.6 Å². The van der Waals surface area contributed by atoms with Crippen LogP contribution in [0.2, 0.25) is 0 Å². The lowest BCUT2D eigenvalue weighted by Gasteiger charge is -2.27. The SMILES string of the molecule is CC(CC(=O)NCc1cccc(CN2CCCC2=O)c1)C1CCNCC1.Cl. The smallest absolute Gasteiger partial charge is 0.222 e. The third-order valence-corrected chi connectivity index (χ3v) is 5.72. The molecule has 6 heteroatoms. The molecule has 2 amide bonds. The molecule has 2 aliphatic rings. The molecule has 2 heterocycles. The molecule has 0 aliphatic carbocycles. The van der Waals surface area contributed by atoms with Gasteiger partial charge in [0.1, 0.15) is 0 Å². The van der Waals surface area contributed by atoms with Crippen molar-refractivity contribution in [3.05, 3.63) is 35.4 Å². The summed E-state index contributed by atoms with van der Waals surface area (Å²) >= 11 is 0. The van der Waals surface area contributed by atoms with Gasteiger partial charge in [0.25, 0.3) is 0 Å². The van der Waals surface area contributed by atoms with Gasteiger partial charge in [-0.3, -0.25) is 9.59 Å². The molecule has 0 spiro atoms. The minimum atomic E-state index is 0. The minimum absolute atomic E-state index is 0. The van der Waals surface area contributed by atoms with E-state index in [1.807, 2.05) is 17.0 Å². The maximum absolute atomic E-state index is 12.3. The summed E-state index contributed by atoms with van der Waals surface area (Å²) < 4.78 is 0. The first kappa shape index (κ1) is 21.7. The van der Waals surface area contributed by atoms with Crippen LogP contribution in [-0.4, -0.2) is 36.3 Å². The summed E-state index contributed by atoms with van der Waals surface area (Å²) in [5, 5.41) is 6.44. The molecular formula is C21H32ClN3O2. The van der Waals surface area contributed by atoms with E-state index >= 15 is 0 Å². The Labute approximate surface area is 168 Å². The summed E-state index contributed by atoms with van der Waals surface area (Å²) in [7, 11) is 0. The van der Waals surface area contributed by atoms with Gasteiger partial charge in [-0.2, -0.15) is 0 Å². The van der Waals surface area contributed by atoms with Crippen molar-refractivity contribution in [1.82, 2.24) is 15.5 Å². The fourth-order valence-electron chi connectivity index (χ4n) is 4.07. The highest BCUT2D eigenvalue weighted by Gasteiger charge is 2.22. The number of carbonyl (C=O) groups excluding carboxylic acids is 2. The van der Waals surface area contributed by atoms with Crippen molar-refractivity contribution in [3.8, 4) is 0 Å². The van der Waals surface area contributed by atoms with Crippen LogP contribution in [0, 0.1) is 11.8 Å². The van der Waals surface area contributed by atoms with Crippen LogP contribution in [0.4, 0.5) is 0 Å². The molecule has 0 saturated carbocycles. The van der Waals surface area contributed by atoms with Crippen LogP contribution in [-0.2, 0) is 22.7 Å². The lowest BCUT2D eigenvalue weighted by molar-refractivity contribution is -0.128. The average Bonchev–Trinajstić information content (AvgIpc) is 3.06. The number of hydrogen-bond acceptors (Lipinski definition) is 3. The normalized spacial score (nSPS) is 18.9. The molecule has 5 nitrogen and oxygen atoms in total. The highest BCUT2D eigenvalue weighted by atomic mass is 35.5. The third-order valence-electron chi connectivity index (χ3n) is 5.72. The van der Waals surface area contributed by atoms with Gasteiger partial charge in [-0.15, -0.1) is 12.4 Å². The average molecular weight is 394 g/mol. The molecule has 150 valence electrons. The van der Waals surface area contributed by atoms with Crippen LogP contribution >= 0.6 is 12.4 Å². The molecule has 1 atom stereocenters. The second-order valence-corrected chi connectivity index (χ2v) is 7.78. The van der Waals surface area contributed by atoms with E-state index < -0.39 is 0 Å². The monoisotopic (exact) mass is 393 g/mol. The Morgan fingerprint density at radius 2 is 2.04 bits per heavy atom. The summed E-state index contributed by atoms with van der Waals surface area (Å²) in [6.07, 6.45) is 4.58. The van der Waals surface area contributed by atoms with Crippen LogP contribution in [0.25, 0.3) is 0 Å². The Kier molecular flexibility index (Phi) is 8.58. The predicted molar refractivity (Wildman–Crippen MR) is 110 cm³/mol. The second-order valence-electron chi connectivity index (χ2n) is 7.78. The lowest BCUT2D eigenvalue weighted by atomic mass is 9.84. The molecule has 0 bridgehead atoms. The molecule has 27 heavy (non-hydrogen) atoms. The number of halogens is 1. The van der Waals surface area contributed by atoms with Crippen molar-refractivity contribution in [1.29, 1.82) is 0 Å². The molecule has 2 fully saturated rings. The second kappa shape index (κ2) is 10.7. The molecule has 0 radical (unpaired) electrons. The maximum atomic E-state index is 12.3. The summed E-state index contributed by atoms with van der Waals surface area (Å²) in [5.41, 5.74) is 2.23. The quantitative estimate of drug-likeness (QED) is 0.748. The van der Waals surface area contributed by atoms with E-state index in [1.54, 1.807) is 0 Å². The van der Waals surface area contributed by atoms with E-state index in [4.69, 9.17) is 0 Å².